The molecule has 2 heterocycles. The Balaban J connectivity index is 1.23. The molecule has 0 aromatic heterocycles. The average Bonchev–Trinajstić information content (AvgIpc) is 3.57. The summed E-state index contributed by atoms with van der Waals surface area (Å²) in [4.78, 5) is 47.0. The fourth-order valence-electron chi connectivity index (χ4n) is 9.82. The van der Waals surface area contributed by atoms with E-state index in [0.717, 1.165) is 37.7 Å². The maximum atomic E-state index is 11.8. The largest absolute Gasteiger partial charge is 0.479 e. The molecular formula is C29H38O12. The minimum atomic E-state index is -1.56. The molecule has 0 radical (unpaired) electrons. The summed E-state index contributed by atoms with van der Waals surface area (Å²) in [6.07, 6.45) is 1.59. The van der Waals surface area contributed by atoms with Crippen LogP contribution in [0.2, 0.25) is 0 Å². The van der Waals surface area contributed by atoms with Gasteiger partial charge in [0.15, 0.2) is 36.0 Å². The first-order valence-electron chi connectivity index (χ1n) is 14.5. The number of ether oxygens (including phenoxy) is 4. The molecule has 12 heteroatoms. The fourth-order valence-corrected chi connectivity index (χ4v) is 9.82. The van der Waals surface area contributed by atoms with Crippen LogP contribution in [-0.4, -0.2) is 80.3 Å². The molecule has 12 nitrogen and oxygen atoms in total. The Labute approximate surface area is 237 Å². The fraction of sp³-hybridized carbons (Fsp3) is 0.793. The van der Waals surface area contributed by atoms with E-state index in [2.05, 4.69) is 19.9 Å². The number of fused-ring (bicyclic) bond motifs is 5. The van der Waals surface area contributed by atoms with Crippen molar-refractivity contribution in [2.75, 3.05) is 0 Å². The van der Waals surface area contributed by atoms with E-state index in [-0.39, 0.29) is 16.7 Å². The third-order valence-corrected chi connectivity index (χ3v) is 11.7. The molecule has 4 unspecified atom stereocenters. The van der Waals surface area contributed by atoms with Crippen LogP contribution in [0.3, 0.4) is 0 Å². The Kier molecular flexibility index (Phi) is 6.43. The maximum absolute atomic E-state index is 11.8. The highest BCUT2D eigenvalue weighted by atomic mass is 16.8. The van der Waals surface area contributed by atoms with Crippen LogP contribution < -0.4 is 0 Å². The van der Waals surface area contributed by atoms with E-state index in [1.165, 1.54) is 0 Å². The van der Waals surface area contributed by atoms with Gasteiger partial charge < -0.3 is 39.4 Å². The van der Waals surface area contributed by atoms with Gasteiger partial charge in [-0.1, -0.05) is 25.5 Å². The summed E-state index contributed by atoms with van der Waals surface area (Å²) in [6, 6.07) is 0. The Bertz CT molecular complexity index is 1170. The first-order valence-corrected chi connectivity index (χ1v) is 14.5. The zero-order valence-corrected chi connectivity index (χ0v) is 23.4. The van der Waals surface area contributed by atoms with Crippen molar-refractivity contribution >= 4 is 23.9 Å². The van der Waals surface area contributed by atoms with E-state index < -0.39 is 59.9 Å². The first-order chi connectivity index (χ1) is 19.1. The van der Waals surface area contributed by atoms with E-state index >= 15 is 0 Å². The highest BCUT2D eigenvalue weighted by molar-refractivity contribution is 5.84. The second-order valence-electron chi connectivity index (χ2n) is 13.5. The molecule has 5 fully saturated rings. The number of aliphatic carboxylic acids is 4. The molecule has 2 aliphatic heterocycles. The standard InChI is InChI=1S/C29H38O12/c1-26-10-11-29(40-20(24(34)35)21(41-29)25(36)37)12-13(26)4-5-14-15-6-7-17(27(15,2)9-8-16(14)26)28(3)38-18(22(30)31)19(39-28)23(32)33/h4,14-21H,5-12H2,1-3H3,(H,30,31)(H,32,33)(H,34,35)(H,36,37)/t14-,15-,16-,17-,18?,19?,20?,21?,26-,27-,28?,29?/m0/s1. The van der Waals surface area contributed by atoms with Gasteiger partial charge in [-0.2, -0.15) is 0 Å². The van der Waals surface area contributed by atoms with Gasteiger partial charge in [0.25, 0.3) is 0 Å². The van der Waals surface area contributed by atoms with E-state index in [0.29, 0.717) is 37.0 Å². The van der Waals surface area contributed by atoms with Crippen LogP contribution >= 0.6 is 0 Å². The van der Waals surface area contributed by atoms with Crippen molar-refractivity contribution in [2.45, 2.75) is 108 Å². The number of allylic oxidation sites excluding steroid dienone is 1. The van der Waals surface area contributed by atoms with Crippen LogP contribution in [0, 0.1) is 34.5 Å². The highest BCUT2D eigenvalue weighted by Crippen LogP contribution is 2.69. The molecular weight excluding hydrogens is 540 g/mol. The van der Waals surface area contributed by atoms with Crippen LogP contribution in [-0.2, 0) is 38.1 Å². The molecule has 0 bridgehead atoms. The molecule has 41 heavy (non-hydrogen) atoms. The van der Waals surface area contributed by atoms with Gasteiger partial charge in [-0.25, -0.2) is 19.2 Å². The van der Waals surface area contributed by atoms with Crippen LogP contribution in [0.5, 0.6) is 0 Å². The van der Waals surface area contributed by atoms with Gasteiger partial charge in [0.05, 0.1) is 0 Å². The van der Waals surface area contributed by atoms with Crippen molar-refractivity contribution in [3.05, 3.63) is 11.6 Å². The molecule has 0 aromatic carbocycles. The third-order valence-electron chi connectivity index (χ3n) is 11.7. The summed E-state index contributed by atoms with van der Waals surface area (Å²) in [5.41, 5.74) is 0.722. The summed E-state index contributed by atoms with van der Waals surface area (Å²) < 4.78 is 23.4. The average molecular weight is 579 g/mol. The van der Waals surface area contributed by atoms with Gasteiger partial charge in [0.2, 0.25) is 0 Å². The third kappa shape index (κ3) is 4.08. The Morgan fingerprint density at radius 1 is 0.707 bits per heavy atom. The first kappa shape index (κ1) is 28.6. The minimum Gasteiger partial charge on any atom is -0.479 e. The quantitative estimate of drug-likeness (QED) is 0.350. The number of carboxylic acid groups (broad SMARTS) is 4. The van der Waals surface area contributed by atoms with Gasteiger partial charge in [-0.3, -0.25) is 0 Å². The van der Waals surface area contributed by atoms with Gasteiger partial charge in [0, 0.05) is 18.8 Å². The second kappa shape index (κ2) is 9.23. The molecule has 226 valence electrons. The molecule has 4 aliphatic carbocycles. The normalized spacial score (nSPS) is 50.5. The highest BCUT2D eigenvalue weighted by Gasteiger charge is 2.67. The lowest BCUT2D eigenvalue weighted by atomic mass is 9.47. The zero-order valence-electron chi connectivity index (χ0n) is 23.4. The lowest BCUT2D eigenvalue weighted by molar-refractivity contribution is -0.232. The molecule has 0 aromatic rings. The van der Waals surface area contributed by atoms with Crippen LogP contribution in [0.1, 0.15) is 72.1 Å². The maximum Gasteiger partial charge on any atom is 0.336 e. The van der Waals surface area contributed by atoms with Gasteiger partial charge in [-0.15, -0.1) is 0 Å². The van der Waals surface area contributed by atoms with Gasteiger partial charge in [0.1, 0.15) is 0 Å². The van der Waals surface area contributed by atoms with E-state index in [4.69, 9.17) is 18.9 Å². The lowest BCUT2D eigenvalue weighted by Crippen LogP contribution is -2.54. The Hall–Kier alpha value is -2.54. The van der Waals surface area contributed by atoms with Crippen molar-refractivity contribution < 1.29 is 58.6 Å². The molecule has 0 amide bonds. The number of hydrogen-bond acceptors (Lipinski definition) is 8. The number of carbonyl (C=O) groups is 4. The summed E-state index contributed by atoms with van der Waals surface area (Å²) >= 11 is 0. The molecule has 4 N–H and O–H groups in total. The Morgan fingerprint density at radius 2 is 1.24 bits per heavy atom. The monoisotopic (exact) mass is 578 g/mol. The van der Waals surface area contributed by atoms with Gasteiger partial charge in [-0.05, 0) is 74.0 Å². The van der Waals surface area contributed by atoms with Crippen molar-refractivity contribution in [3.8, 4) is 0 Å². The number of hydrogen-bond donors (Lipinski definition) is 4. The predicted octanol–water partition coefficient (Wildman–Crippen LogP) is 2.88. The van der Waals surface area contributed by atoms with Crippen molar-refractivity contribution in [1.29, 1.82) is 0 Å². The molecule has 6 aliphatic rings. The van der Waals surface area contributed by atoms with Crippen LogP contribution in [0.15, 0.2) is 11.6 Å². The Morgan fingerprint density at radius 3 is 1.78 bits per heavy atom. The lowest BCUT2D eigenvalue weighted by Gasteiger charge is -2.59. The van der Waals surface area contributed by atoms with Crippen molar-refractivity contribution in [2.24, 2.45) is 34.5 Å². The number of carboxylic acids is 4. The minimum absolute atomic E-state index is 0.166. The number of rotatable bonds is 5. The van der Waals surface area contributed by atoms with Crippen molar-refractivity contribution in [3.63, 3.8) is 0 Å². The van der Waals surface area contributed by atoms with Crippen LogP contribution in [0.25, 0.3) is 0 Å². The van der Waals surface area contributed by atoms with Crippen LogP contribution in [0.4, 0.5) is 0 Å². The SMILES string of the molecule is CC1([C@H]2CC[C@H]3[C@@H]4CC=C5CC6(CC[C@]5(C)[C@H]4CC[C@]23C)OC(C(=O)O)C(C(=O)O)O6)OC(C(=O)O)C(C(=O)O)O1. The van der Waals surface area contributed by atoms with E-state index in [1.807, 2.05) is 0 Å². The molecule has 3 saturated carbocycles. The van der Waals surface area contributed by atoms with E-state index in [1.54, 1.807) is 6.92 Å². The summed E-state index contributed by atoms with van der Waals surface area (Å²) in [5, 5.41) is 38.3. The summed E-state index contributed by atoms with van der Waals surface area (Å²) in [6.45, 7) is 6.14. The smallest absolute Gasteiger partial charge is 0.336 e. The predicted molar refractivity (Wildman–Crippen MR) is 136 cm³/mol. The van der Waals surface area contributed by atoms with Crippen molar-refractivity contribution in [1.82, 2.24) is 0 Å². The van der Waals surface area contributed by atoms with Gasteiger partial charge >= 0.3 is 23.9 Å². The summed E-state index contributed by atoms with van der Waals surface area (Å²) in [7, 11) is 0. The summed E-state index contributed by atoms with van der Waals surface area (Å²) in [5.74, 6) is -7.15. The zero-order chi connectivity index (χ0) is 29.7. The van der Waals surface area contributed by atoms with E-state index in [9.17, 15) is 39.6 Å². The molecule has 1 spiro atoms. The molecule has 6 rings (SSSR count). The molecule has 2 saturated heterocycles. The molecule has 10 atom stereocenters. The second-order valence-corrected chi connectivity index (χ2v) is 13.5. The topological polar surface area (TPSA) is 186 Å².